The second-order valence-electron chi connectivity index (χ2n) is 4.51. The number of alkyl halides is 1. The Kier molecular flexibility index (Phi) is 5.38. The molecule has 0 N–H and O–H groups in total. The van der Waals surface area contributed by atoms with E-state index in [9.17, 15) is 0 Å². The fourth-order valence-electron chi connectivity index (χ4n) is 2.54. The Bertz CT molecular complexity index is 133. The molecule has 0 nitrogen and oxygen atoms in total. The minimum atomic E-state index is 0.798. The Balaban J connectivity index is 2.32. The first kappa shape index (κ1) is 11.6. The third-order valence-electron chi connectivity index (χ3n) is 3.48. The third-order valence-corrected chi connectivity index (χ3v) is 4.68. The van der Waals surface area contributed by atoms with Gasteiger partial charge in [0.15, 0.2) is 0 Å². The van der Waals surface area contributed by atoms with E-state index in [0.29, 0.717) is 0 Å². The van der Waals surface area contributed by atoms with Crippen molar-refractivity contribution in [1.29, 1.82) is 0 Å². The summed E-state index contributed by atoms with van der Waals surface area (Å²) < 4.78 is 0. The quantitative estimate of drug-likeness (QED) is 0.628. The molecule has 1 aliphatic carbocycles. The molecule has 0 aromatic rings. The van der Waals surface area contributed by atoms with E-state index in [1.54, 1.807) is 0 Å². The number of hydrogen-bond acceptors (Lipinski definition) is 0. The Morgan fingerprint density at radius 1 is 1.31 bits per heavy atom. The van der Waals surface area contributed by atoms with Crippen LogP contribution in [0.3, 0.4) is 0 Å². The van der Waals surface area contributed by atoms with Gasteiger partial charge in [-0.2, -0.15) is 0 Å². The molecule has 0 spiro atoms. The number of halogens is 1. The zero-order valence-electron chi connectivity index (χ0n) is 9.06. The topological polar surface area (TPSA) is 0 Å². The fraction of sp³-hybridized carbons (Fsp3) is 1.00. The summed E-state index contributed by atoms with van der Waals surface area (Å²) in [6, 6.07) is 0. The second-order valence-corrected chi connectivity index (χ2v) is 5.68. The Hall–Kier alpha value is 0.480. The maximum absolute atomic E-state index is 3.86. The van der Waals surface area contributed by atoms with Gasteiger partial charge in [0.2, 0.25) is 0 Å². The summed E-state index contributed by atoms with van der Waals surface area (Å²) in [5.74, 6) is 1.99. The molecule has 1 saturated carbocycles. The molecule has 13 heavy (non-hydrogen) atoms. The van der Waals surface area contributed by atoms with Gasteiger partial charge in [0, 0.05) is 4.83 Å². The Morgan fingerprint density at radius 2 is 2.08 bits per heavy atom. The van der Waals surface area contributed by atoms with E-state index >= 15 is 0 Å². The van der Waals surface area contributed by atoms with Crippen LogP contribution in [0.5, 0.6) is 0 Å². The summed E-state index contributed by atoms with van der Waals surface area (Å²) in [6.45, 7) is 4.63. The van der Waals surface area contributed by atoms with Crippen LogP contribution < -0.4 is 0 Å². The van der Waals surface area contributed by atoms with Crippen LogP contribution in [0.1, 0.15) is 58.8 Å². The monoisotopic (exact) mass is 246 g/mol. The lowest BCUT2D eigenvalue weighted by Crippen LogP contribution is -2.22. The third kappa shape index (κ3) is 3.61. The highest BCUT2D eigenvalue weighted by atomic mass is 79.9. The minimum absolute atomic E-state index is 0.798. The molecule has 0 aliphatic heterocycles. The summed E-state index contributed by atoms with van der Waals surface area (Å²) in [7, 11) is 0. The van der Waals surface area contributed by atoms with Crippen molar-refractivity contribution < 1.29 is 0 Å². The van der Waals surface area contributed by atoms with Crippen LogP contribution in [0.25, 0.3) is 0 Å². The molecule has 0 heterocycles. The van der Waals surface area contributed by atoms with Gasteiger partial charge in [-0.3, -0.25) is 0 Å². The van der Waals surface area contributed by atoms with Crippen molar-refractivity contribution in [2.75, 3.05) is 0 Å². The molecule has 0 bridgehead atoms. The van der Waals surface area contributed by atoms with Gasteiger partial charge in [0.25, 0.3) is 0 Å². The maximum atomic E-state index is 3.86. The van der Waals surface area contributed by atoms with Crippen molar-refractivity contribution in [3.05, 3.63) is 0 Å². The lowest BCUT2D eigenvalue weighted by atomic mass is 9.78. The van der Waals surface area contributed by atoms with Crippen LogP contribution >= 0.6 is 15.9 Å². The van der Waals surface area contributed by atoms with Crippen LogP contribution in [0.15, 0.2) is 0 Å². The van der Waals surface area contributed by atoms with Crippen LogP contribution in [0.2, 0.25) is 0 Å². The summed E-state index contributed by atoms with van der Waals surface area (Å²) in [6.07, 6.45) is 9.97. The van der Waals surface area contributed by atoms with E-state index < -0.39 is 0 Å². The second kappa shape index (κ2) is 6.06. The van der Waals surface area contributed by atoms with Gasteiger partial charge in [-0.1, -0.05) is 55.5 Å². The molecule has 3 unspecified atom stereocenters. The van der Waals surface area contributed by atoms with Gasteiger partial charge in [-0.25, -0.2) is 0 Å². The van der Waals surface area contributed by atoms with Gasteiger partial charge in [-0.05, 0) is 31.1 Å². The zero-order chi connectivity index (χ0) is 9.68. The molecule has 0 aromatic carbocycles. The average Bonchev–Trinajstić information content (AvgIpc) is 2.18. The van der Waals surface area contributed by atoms with E-state index in [0.717, 1.165) is 16.7 Å². The van der Waals surface area contributed by atoms with Crippen molar-refractivity contribution in [1.82, 2.24) is 0 Å². The van der Waals surface area contributed by atoms with Crippen LogP contribution in [0, 0.1) is 11.8 Å². The molecule has 1 rings (SSSR count). The first-order valence-corrected chi connectivity index (χ1v) is 6.83. The van der Waals surface area contributed by atoms with Crippen LogP contribution in [-0.2, 0) is 0 Å². The highest BCUT2D eigenvalue weighted by molar-refractivity contribution is 9.09. The first-order chi connectivity index (χ1) is 6.27. The standard InChI is InChI=1S/C12H23Br/c1-3-6-12(13)11-8-5-7-10(4-2)9-11/h10-12H,3-9H2,1-2H3. The van der Waals surface area contributed by atoms with Gasteiger partial charge < -0.3 is 0 Å². The largest absolute Gasteiger partial charge is 0.0888 e. The van der Waals surface area contributed by atoms with E-state index in [4.69, 9.17) is 0 Å². The number of rotatable bonds is 4. The molecule has 1 fully saturated rings. The molecule has 1 aliphatic rings. The molecule has 0 radical (unpaired) electrons. The van der Waals surface area contributed by atoms with Gasteiger partial charge in [0.1, 0.15) is 0 Å². The highest BCUT2D eigenvalue weighted by Gasteiger charge is 2.25. The summed E-state index contributed by atoms with van der Waals surface area (Å²) in [4.78, 5) is 0.798. The van der Waals surface area contributed by atoms with Gasteiger partial charge in [0.05, 0.1) is 0 Å². The molecule has 0 aromatic heterocycles. The van der Waals surface area contributed by atoms with Crippen molar-refractivity contribution in [2.45, 2.75) is 63.6 Å². The van der Waals surface area contributed by atoms with Gasteiger partial charge >= 0.3 is 0 Å². The van der Waals surface area contributed by atoms with E-state index in [-0.39, 0.29) is 0 Å². The normalized spacial score (nSPS) is 31.6. The first-order valence-electron chi connectivity index (χ1n) is 5.92. The van der Waals surface area contributed by atoms with Crippen molar-refractivity contribution in [3.63, 3.8) is 0 Å². The summed E-state index contributed by atoms with van der Waals surface area (Å²) in [5, 5.41) is 0. The predicted molar refractivity (Wildman–Crippen MR) is 63.4 cm³/mol. The maximum Gasteiger partial charge on any atom is 0.0174 e. The van der Waals surface area contributed by atoms with E-state index in [1.807, 2.05) is 0 Å². The molecule has 3 atom stereocenters. The smallest absolute Gasteiger partial charge is 0.0174 e. The fourth-order valence-corrected chi connectivity index (χ4v) is 3.48. The van der Waals surface area contributed by atoms with Crippen molar-refractivity contribution in [3.8, 4) is 0 Å². The molecule has 0 saturated heterocycles. The Labute approximate surface area is 91.6 Å². The van der Waals surface area contributed by atoms with E-state index in [2.05, 4.69) is 29.8 Å². The number of hydrogen-bond donors (Lipinski definition) is 0. The molecule has 1 heteroatoms. The van der Waals surface area contributed by atoms with E-state index in [1.165, 1.54) is 44.9 Å². The molecular formula is C12H23Br. The van der Waals surface area contributed by atoms with Crippen molar-refractivity contribution in [2.24, 2.45) is 11.8 Å². The summed E-state index contributed by atoms with van der Waals surface area (Å²) >= 11 is 3.86. The van der Waals surface area contributed by atoms with Gasteiger partial charge in [-0.15, -0.1) is 0 Å². The van der Waals surface area contributed by atoms with Crippen LogP contribution in [-0.4, -0.2) is 4.83 Å². The Morgan fingerprint density at radius 3 is 2.69 bits per heavy atom. The minimum Gasteiger partial charge on any atom is -0.0888 e. The molecule has 0 amide bonds. The zero-order valence-corrected chi connectivity index (χ0v) is 10.6. The lowest BCUT2D eigenvalue weighted by Gasteiger charge is -2.31. The average molecular weight is 247 g/mol. The summed E-state index contributed by atoms with van der Waals surface area (Å²) in [5.41, 5.74) is 0. The molecule has 78 valence electrons. The highest BCUT2D eigenvalue weighted by Crippen LogP contribution is 2.36. The van der Waals surface area contributed by atoms with Crippen LogP contribution in [0.4, 0.5) is 0 Å². The predicted octanol–water partition coefficient (Wildman–Crippen LogP) is 4.77. The molecular weight excluding hydrogens is 224 g/mol. The van der Waals surface area contributed by atoms with Crippen molar-refractivity contribution >= 4 is 15.9 Å². The lowest BCUT2D eigenvalue weighted by molar-refractivity contribution is 0.253. The SMILES string of the molecule is CCCC(Br)C1CCCC(CC)C1.